The van der Waals surface area contributed by atoms with E-state index < -0.39 is 29.7 Å². The van der Waals surface area contributed by atoms with Crippen molar-refractivity contribution in [2.45, 2.75) is 58.5 Å². The fourth-order valence-corrected chi connectivity index (χ4v) is 4.14. The third-order valence-corrected chi connectivity index (χ3v) is 5.69. The van der Waals surface area contributed by atoms with Crippen LogP contribution in [0, 0.1) is 5.82 Å². The molecule has 1 heterocycles. The molecule has 0 fully saturated rings. The smallest absolute Gasteiger partial charge is 0.349 e. The van der Waals surface area contributed by atoms with Gasteiger partial charge in [-0.1, -0.05) is 5.16 Å². The number of nitrogens with zero attached hydrogens (tertiary/aromatic N) is 2. The normalized spacial score (nSPS) is 20.5. The van der Waals surface area contributed by atoms with Crippen molar-refractivity contribution in [1.82, 2.24) is 0 Å². The summed E-state index contributed by atoms with van der Waals surface area (Å²) < 4.78 is 19.7. The second-order valence-electron chi connectivity index (χ2n) is 7.61. The minimum atomic E-state index is -0.876. The van der Waals surface area contributed by atoms with Crippen molar-refractivity contribution in [3.8, 4) is 0 Å². The number of rotatable bonds is 5. The van der Waals surface area contributed by atoms with E-state index in [1.165, 1.54) is 19.1 Å². The summed E-state index contributed by atoms with van der Waals surface area (Å²) in [6.07, 6.45) is 2.99. The zero-order chi connectivity index (χ0) is 21.4. The largest absolute Gasteiger partial charge is 0.463 e. The number of benzene rings is 1. The standard InChI is InChI=1S/C22H23FN2O5/c1-3-29-22(28)12(2)30-24-18-9-8-13-10-17(23)19(11-16(13)18)25-20(26)14-6-4-5-7-15(14)21(25)27/h10-12H,3-9H2,1-2H3/b24-18+. The van der Waals surface area contributed by atoms with Gasteiger partial charge in [0.15, 0.2) is 0 Å². The number of oxime groups is 1. The molecule has 1 aromatic carbocycles. The molecule has 1 atom stereocenters. The second kappa shape index (κ2) is 8.01. The van der Waals surface area contributed by atoms with E-state index in [2.05, 4.69) is 5.16 Å². The number of fused-ring (bicyclic) bond motifs is 1. The molecule has 8 heteroatoms. The molecule has 0 saturated heterocycles. The number of aryl methyl sites for hydroxylation is 1. The van der Waals surface area contributed by atoms with Crippen LogP contribution in [0.25, 0.3) is 0 Å². The summed E-state index contributed by atoms with van der Waals surface area (Å²) in [5, 5.41) is 4.07. The van der Waals surface area contributed by atoms with Gasteiger partial charge in [-0.15, -0.1) is 0 Å². The molecule has 0 bridgehead atoms. The van der Waals surface area contributed by atoms with Gasteiger partial charge in [0.05, 0.1) is 18.0 Å². The van der Waals surface area contributed by atoms with Gasteiger partial charge in [0, 0.05) is 16.7 Å². The molecule has 1 unspecified atom stereocenters. The molecule has 2 amide bonds. The highest BCUT2D eigenvalue weighted by Crippen LogP contribution is 2.38. The topological polar surface area (TPSA) is 85.3 Å². The first-order valence-corrected chi connectivity index (χ1v) is 10.2. The van der Waals surface area contributed by atoms with Crippen LogP contribution >= 0.6 is 0 Å². The maximum absolute atomic E-state index is 14.9. The van der Waals surface area contributed by atoms with Gasteiger partial charge >= 0.3 is 5.97 Å². The molecule has 1 aromatic rings. The number of carbonyl (C=O) groups excluding carboxylic acids is 3. The number of imide groups is 1. The Morgan fingerprint density at radius 3 is 2.43 bits per heavy atom. The molecule has 30 heavy (non-hydrogen) atoms. The Morgan fingerprint density at radius 2 is 1.80 bits per heavy atom. The van der Waals surface area contributed by atoms with Gasteiger partial charge in [0.25, 0.3) is 11.8 Å². The number of esters is 1. The third kappa shape index (κ3) is 3.40. The molecule has 158 valence electrons. The summed E-state index contributed by atoms with van der Waals surface area (Å²) in [4.78, 5) is 43.6. The second-order valence-corrected chi connectivity index (χ2v) is 7.61. The highest BCUT2D eigenvalue weighted by atomic mass is 19.1. The third-order valence-electron chi connectivity index (χ3n) is 5.69. The van der Waals surface area contributed by atoms with Crippen LogP contribution in [0.15, 0.2) is 28.4 Å². The van der Waals surface area contributed by atoms with Crippen LogP contribution in [0.3, 0.4) is 0 Å². The van der Waals surface area contributed by atoms with Crippen LogP contribution in [0.2, 0.25) is 0 Å². The molecule has 7 nitrogen and oxygen atoms in total. The zero-order valence-electron chi connectivity index (χ0n) is 17.0. The van der Waals surface area contributed by atoms with E-state index in [1.807, 2.05) is 0 Å². The van der Waals surface area contributed by atoms with Crippen LogP contribution in [0.5, 0.6) is 0 Å². The van der Waals surface area contributed by atoms with Crippen LogP contribution < -0.4 is 4.90 Å². The van der Waals surface area contributed by atoms with Crippen LogP contribution in [0.1, 0.15) is 57.1 Å². The minimum Gasteiger partial charge on any atom is -0.463 e. The number of ether oxygens (including phenoxy) is 1. The van der Waals surface area contributed by atoms with Gasteiger partial charge in [0.1, 0.15) is 5.82 Å². The van der Waals surface area contributed by atoms with E-state index in [9.17, 15) is 18.8 Å². The first kappa shape index (κ1) is 20.3. The van der Waals surface area contributed by atoms with Crippen molar-refractivity contribution < 1.29 is 28.3 Å². The summed E-state index contributed by atoms with van der Waals surface area (Å²) in [5.41, 5.74) is 2.83. The van der Waals surface area contributed by atoms with Gasteiger partial charge < -0.3 is 9.57 Å². The molecule has 2 aliphatic carbocycles. The van der Waals surface area contributed by atoms with E-state index in [-0.39, 0.29) is 12.3 Å². The molecule has 1 aliphatic heterocycles. The summed E-state index contributed by atoms with van der Waals surface area (Å²) in [7, 11) is 0. The van der Waals surface area contributed by atoms with Crippen molar-refractivity contribution in [3.63, 3.8) is 0 Å². The van der Waals surface area contributed by atoms with Gasteiger partial charge in [0.2, 0.25) is 6.10 Å². The lowest BCUT2D eigenvalue weighted by Gasteiger charge is -2.17. The molecule has 0 saturated carbocycles. The fraction of sp³-hybridized carbons (Fsp3) is 0.455. The highest BCUT2D eigenvalue weighted by Gasteiger charge is 2.41. The van der Waals surface area contributed by atoms with Crippen molar-refractivity contribution in [3.05, 3.63) is 40.2 Å². The van der Waals surface area contributed by atoms with E-state index >= 15 is 0 Å². The van der Waals surface area contributed by atoms with Gasteiger partial charge in [-0.3, -0.25) is 9.59 Å². The lowest BCUT2D eigenvalue weighted by atomic mass is 9.93. The minimum absolute atomic E-state index is 0.0637. The number of hydrogen-bond donors (Lipinski definition) is 0. The Balaban J connectivity index is 1.62. The average Bonchev–Trinajstić information content (AvgIpc) is 3.24. The predicted octanol–water partition coefficient (Wildman–Crippen LogP) is 3.19. The molecule has 0 radical (unpaired) electrons. The van der Waals surface area contributed by atoms with E-state index in [0.717, 1.165) is 23.3 Å². The van der Waals surface area contributed by atoms with Gasteiger partial charge in [-0.25, -0.2) is 14.1 Å². The van der Waals surface area contributed by atoms with Gasteiger partial charge in [-0.2, -0.15) is 0 Å². The molecule has 0 N–H and O–H groups in total. The number of amides is 2. The monoisotopic (exact) mass is 414 g/mol. The maximum atomic E-state index is 14.9. The van der Waals surface area contributed by atoms with Crippen LogP contribution in [0.4, 0.5) is 10.1 Å². The van der Waals surface area contributed by atoms with E-state index in [4.69, 9.17) is 9.57 Å². The number of hydrogen-bond acceptors (Lipinski definition) is 6. The Morgan fingerprint density at radius 1 is 1.13 bits per heavy atom. The first-order chi connectivity index (χ1) is 14.4. The molecule has 0 aromatic heterocycles. The Bertz CT molecular complexity index is 969. The lowest BCUT2D eigenvalue weighted by molar-refractivity contribution is -0.155. The summed E-state index contributed by atoms with van der Waals surface area (Å²) >= 11 is 0. The SMILES string of the molecule is CCOC(=O)C(C)O/N=C1\CCc2cc(F)c(N3C(=O)C4=C(CCCC4)C3=O)cc21. The molecular formula is C22H23FN2O5. The summed E-state index contributed by atoms with van der Waals surface area (Å²) in [6.45, 7) is 3.48. The predicted molar refractivity (Wildman–Crippen MR) is 106 cm³/mol. The lowest BCUT2D eigenvalue weighted by Crippen LogP contribution is -2.32. The van der Waals surface area contributed by atoms with Crippen LogP contribution in [-0.4, -0.2) is 36.2 Å². The van der Waals surface area contributed by atoms with E-state index in [0.29, 0.717) is 48.1 Å². The molecule has 0 spiro atoms. The number of anilines is 1. The first-order valence-electron chi connectivity index (χ1n) is 10.2. The van der Waals surface area contributed by atoms with Gasteiger partial charge in [-0.05, 0) is 70.1 Å². The Labute approximate surface area is 173 Å². The molecular weight excluding hydrogens is 391 g/mol. The van der Waals surface area contributed by atoms with Crippen molar-refractivity contribution in [2.24, 2.45) is 5.16 Å². The Kier molecular flexibility index (Phi) is 5.40. The van der Waals surface area contributed by atoms with E-state index in [1.54, 1.807) is 6.92 Å². The maximum Gasteiger partial charge on any atom is 0.349 e. The van der Waals surface area contributed by atoms with Crippen LogP contribution in [-0.2, 0) is 30.4 Å². The molecule has 3 aliphatic rings. The molecule has 4 rings (SSSR count). The van der Waals surface area contributed by atoms with Crippen molar-refractivity contribution >= 4 is 29.2 Å². The van der Waals surface area contributed by atoms with Crippen molar-refractivity contribution in [2.75, 3.05) is 11.5 Å². The quantitative estimate of drug-likeness (QED) is 0.420. The number of halogens is 1. The summed E-state index contributed by atoms with van der Waals surface area (Å²) in [6, 6.07) is 2.84. The zero-order valence-corrected chi connectivity index (χ0v) is 17.0. The average molecular weight is 414 g/mol. The van der Waals surface area contributed by atoms with Crippen molar-refractivity contribution in [1.29, 1.82) is 0 Å². The Hall–Kier alpha value is -3.03. The summed E-state index contributed by atoms with van der Waals surface area (Å²) in [5.74, 6) is -2.00. The fourth-order valence-electron chi connectivity index (χ4n) is 4.14. The highest BCUT2D eigenvalue weighted by molar-refractivity contribution is 6.33. The number of carbonyl (C=O) groups is 3.